The molecule has 0 spiro atoms. The first-order valence-corrected chi connectivity index (χ1v) is 6.48. The second kappa shape index (κ2) is 6.48. The van der Waals surface area contributed by atoms with Crippen LogP contribution in [-0.4, -0.2) is 14.1 Å². The molecule has 0 unspecified atom stereocenters. The van der Waals surface area contributed by atoms with Crippen LogP contribution in [0.25, 0.3) is 0 Å². The first-order valence-electron chi connectivity index (χ1n) is 6.48. The number of halogens is 2. The molecule has 0 heterocycles. The lowest BCUT2D eigenvalue weighted by atomic mass is 10.1. The van der Waals surface area contributed by atoms with E-state index in [2.05, 4.69) is 5.32 Å². The molecule has 1 N–H and O–H groups in total. The minimum absolute atomic E-state index is 0.305. The van der Waals surface area contributed by atoms with Gasteiger partial charge in [-0.3, -0.25) is 0 Å². The third-order valence-electron chi connectivity index (χ3n) is 3.13. The van der Waals surface area contributed by atoms with Gasteiger partial charge >= 0.3 is 0 Å². The maximum Gasteiger partial charge on any atom is 0.163 e. The van der Waals surface area contributed by atoms with Crippen LogP contribution < -0.4 is 10.2 Å². The Labute approximate surface area is 118 Å². The van der Waals surface area contributed by atoms with Crippen molar-refractivity contribution < 1.29 is 8.78 Å². The van der Waals surface area contributed by atoms with Gasteiger partial charge in [0.15, 0.2) is 11.6 Å². The lowest BCUT2D eigenvalue weighted by molar-refractivity contribution is 0.492. The number of rotatable bonds is 5. The van der Waals surface area contributed by atoms with E-state index in [1.807, 2.05) is 43.3 Å². The molecule has 20 heavy (non-hydrogen) atoms. The molecule has 2 aromatic rings. The summed E-state index contributed by atoms with van der Waals surface area (Å²) >= 11 is 0. The van der Waals surface area contributed by atoms with E-state index < -0.39 is 11.6 Å². The normalized spacial score (nSPS) is 10.6. The van der Waals surface area contributed by atoms with Crippen LogP contribution in [0.15, 0.2) is 42.5 Å². The van der Waals surface area contributed by atoms with Crippen LogP contribution in [0.4, 0.5) is 14.5 Å². The summed E-state index contributed by atoms with van der Waals surface area (Å²) in [6, 6.07) is 12.3. The van der Waals surface area contributed by atoms with Gasteiger partial charge in [-0.15, -0.1) is 0 Å². The van der Waals surface area contributed by atoms with E-state index in [9.17, 15) is 8.78 Å². The van der Waals surface area contributed by atoms with Crippen molar-refractivity contribution in [2.45, 2.75) is 13.1 Å². The molecule has 0 saturated carbocycles. The van der Waals surface area contributed by atoms with Gasteiger partial charge in [-0.2, -0.15) is 0 Å². The van der Waals surface area contributed by atoms with E-state index in [4.69, 9.17) is 0 Å². The molecule has 0 saturated heterocycles. The molecule has 2 rings (SSSR count). The standard InChI is InChI=1S/C16H18F2N2/c1-20(2)14-8-6-12(7-9-14)10-19-11-13-4-3-5-15(17)16(13)18/h3-9,19H,10-11H2,1-2H3. The summed E-state index contributed by atoms with van der Waals surface area (Å²) in [5.41, 5.74) is 2.58. The molecule has 2 aromatic carbocycles. The quantitative estimate of drug-likeness (QED) is 0.901. The molecule has 0 radical (unpaired) electrons. The number of benzene rings is 2. The molecule has 0 amide bonds. The minimum Gasteiger partial charge on any atom is -0.378 e. The van der Waals surface area contributed by atoms with Crippen molar-refractivity contribution in [3.05, 3.63) is 65.2 Å². The highest BCUT2D eigenvalue weighted by molar-refractivity contribution is 5.45. The number of anilines is 1. The molecule has 0 aromatic heterocycles. The van der Waals surface area contributed by atoms with E-state index in [0.29, 0.717) is 18.7 Å². The molecule has 0 aliphatic carbocycles. The predicted octanol–water partition coefficient (Wildman–Crippen LogP) is 3.32. The van der Waals surface area contributed by atoms with Gasteiger partial charge in [-0.1, -0.05) is 24.3 Å². The van der Waals surface area contributed by atoms with Crippen molar-refractivity contribution in [2.24, 2.45) is 0 Å². The Kier molecular flexibility index (Phi) is 4.69. The zero-order chi connectivity index (χ0) is 14.5. The van der Waals surface area contributed by atoms with Crippen molar-refractivity contribution in [2.75, 3.05) is 19.0 Å². The number of hydrogen-bond acceptors (Lipinski definition) is 2. The molecule has 0 aliphatic rings. The molecular formula is C16H18F2N2. The first kappa shape index (κ1) is 14.5. The van der Waals surface area contributed by atoms with Gasteiger partial charge < -0.3 is 10.2 Å². The number of nitrogens with one attached hydrogen (secondary N) is 1. The topological polar surface area (TPSA) is 15.3 Å². The fraction of sp³-hybridized carbons (Fsp3) is 0.250. The van der Waals surface area contributed by atoms with Crippen LogP contribution in [0, 0.1) is 11.6 Å². The summed E-state index contributed by atoms with van der Waals surface area (Å²) in [6.07, 6.45) is 0. The van der Waals surface area contributed by atoms with E-state index in [1.54, 1.807) is 6.07 Å². The predicted molar refractivity (Wildman–Crippen MR) is 77.7 cm³/mol. The van der Waals surface area contributed by atoms with E-state index >= 15 is 0 Å². The lowest BCUT2D eigenvalue weighted by Crippen LogP contribution is -2.14. The van der Waals surface area contributed by atoms with Gasteiger partial charge in [0.25, 0.3) is 0 Å². The molecule has 0 bridgehead atoms. The fourth-order valence-electron chi connectivity index (χ4n) is 1.94. The lowest BCUT2D eigenvalue weighted by Gasteiger charge is -2.13. The molecule has 0 aliphatic heterocycles. The molecule has 0 fully saturated rings. The average Bonchev–Trinajstić information content (AvgIpc) is 2.44. The highest BCUT2D eigenvalue weighted by Gasteiger charge is 2.06. The summed E-state index contributed by atoms with van der Waals surface area (Å²) in [4.78, 5) is 2.03. The molecule has 0 atom stereocenters. The van der Waals surface area contributed by atoms with Gasteiger partial charge in [-0.05, 0) is 23.8 Å². The van der Waals surface area contributed by atoms with E-state index in [1.165, 1.54) is 6.07 Å². The SMILES string of the molecule is CN(C)c1ccc(CNCc2cccc(F)c2F)cc1. The van der Waals surface area contributed by atoms with Crippen LogP contribution in [0.2, 0.25) is 0 Å². The zero-order valence-electron chi connectivity index (χ0n) is 11.7. The Balaban J connectivity index is 1.91. The first-order chi connectivity index (χ1) is 9.58. The Morgan fingerprint density at radius 1 is 0.950 bits per heavy atom. The van der Waals surface area contributed by atoms with E-state index in [0.717, 1.165) is 17.3 Å². The Bertz CT molecular complexity index is 565. The van der Waals surface area contributed by atoms with Gasteiger partial charge in [0.1, 0.15) is 0 Å². The van der Waals surface area contributed by atoms with Gasteiger partial charge in [-0.25, -0.2) is 8.78 Å². The second-order valence-corrected chi connectivity index (χ2v) is 4.88. The van der Waals surface area contributed by atoms with Crippen molar-refractivity contribution in [1.29, 1.82) is 0 Å². The van der Waals surface area contributed by atoms with Crippen LogP contribution in [0.3, 0.4) is 0 Å². The third kappa shape index (κ3) is 3.54. The largest absolute Gasteiger partial charge is 0.378 e. The second-order valence-electron chi connectivity index (χ2n) is 4.88. The van der Waals surface area contributed by atoms with Crippen LogP contribution in [-0.2, 0) is 13.1 Å². The number of hydrogen-bond donors (Lipinski definition) is 1. The summed E-state index contributed by atoms with van der Waals surface area (Å²) in [7, 11) is 3.97. The highest BCUT2D eigenvalue weighted by atomic mass is 19.2. The number of nitrogens with zero attached hydrogens (tertiary/aromatic N) is 1. The van der Waals surface area contributed by atoms with Crippen LogP contribution in [0.1, 0.15) is 11.1 Å². The summed E-state index contributed by atoms with van der Waals surface area (Å²) in [5.74, 6) is -1.58. The van der Waals surface area contributed by atoms with Crippen LogP contribution >= 0.6 is 0 Å². The van der Waals surface area contributed by atoms with Gasteiger partial charge in [0.05, 0.1) is 0 Å². The van der Waals surface area contributed by atoms with Crippen LogP contribution in [0.5, 0.6) is 0 Å². The highest BCUT2D eigenvalue weighted by Crippen LogP contribution is 2.13. The van der Waals surface area contributed by atoms with Gasteiger partial charge in [0.2, 0.25) is 0 Å². The maximum absolute atomic E-state index is 13.4. The van der Waals surface area contributed by atoms with Crippen molar-refractivity contribution in [3.63, 3.8) is 0 Å². The summed E-state index contributed by atoms with van der Waals surface area (Å²) in [5, 5.41) is 3.11. The summed E-state index contributed by atoms with van der Waals surface area (Å²) < 4.78 is 26.5. The van der Waals surface area contributed by atoms with Crippen molar-refractivity contribution in [1.82, 2.24) is 5.32 Å². The third-order valence-corrected chi connectivity index (χ3v) is 3.13. The van der Waals surface area contributed by atoms with Crippen molar-refractivity contribution in [3.8, 4) is 0 Å². The Morgan fingerprint density at radius 2 is 1.65 bits per heavy atom. The zero-order valence-corrected chi connectivity index (χ0v) is 11.7. The molecular weight excluding hydrogens is 258 g/mol. The Morgan fingerprint density at radius 3 is 2.30 bits per heavy atom. The average molecular weight is 276 g/mol. The monoisotopic (exact) mass is 276 g/mol. The Hall–Kier alpha value is -1.94. The molecule has 106 valence electrons. The molecule has 4 heteroatoms. The summed E-state index contributed by atoms with van der Waals surface area (Å²) in [6.45, 7) is 0.919. The maximum atomic E-state index is 13.4. The molecule has 2 nitrogen and oxygen atoms in total. The van der Waals surface area contributed by atoms with E-state index in [-0.39, 0.29) is 0 Å². The fourth-order valence-corrected chi connectivity index (χ4v) is 1.94. The van der Waals surface area contributed by atoms with Crippen molar-refractivity contribution >= 4 is 5.69 Å². The van der Waals surface area contributed by atoms with Gasteiger partial charge in [0, 0.05) is 38.4 Å². The minimum atomic E-state index is -0.806. The smallest absolute Gasteiger partial charge is 0.163 e.